The van der Waals surface area contributed by atoms with Crippen LogP contribution in [0.2, 0.25) is 0 Å². The van der Waals surface area contributed by atoms with Crippen molar-refractivity contribution in [2.75, 3.05) is 10.6 Å². The molecule has 1 aromatic heterocycles. The van der Waals surface area contributed by atoms with Gasteiger partial charge in [0.1, 0.15) is 11.5 Å². The number of aromatic nitrogens is 2. The van der Waals surface area contributed by atoms with Crippen molar-refractivity contribution in [1.29, 1.82) is 0 Å². The first-order valence-electron chi connectivity index (χ1n) is 8.74. The molecule has 6 heteroatoms. The lowest BCUT2D eigenvalue weighted by Crippen LogP contribution is -2.15. The van der Waals surface area contributed by atoms with Gasteiger partial charge in [-0.2, -0.15) is 0 Å². The maximum Gasteiger partial charge on any atom is 0.274 e. The summed E-state index contributed by atoms with van der Waals surface area (Å²) in [5.41, 5.74) is 3.07. The number of hydrogen-bond donors (Lipinski definition) is 2. The summed E-state index contributed by atoms with van der Waals surface area (Å²) in [7, 11) is 0. The molecule has 0 unspecified atom stereocenters. The number of amides is 1. The molecule has 0 fully saturated rings. The molecule has 27 heavy (non-hydrogen) atoms. The summed E-state index contributed by atoms with van der Waals surface area (Å²) < 4.78 is 12.9. The lowest BCUT2D eigenvalue weighted by atomic mass is 10.0. The molecular formula is C21H21FN4O. The van der Waals surface area contributed by atoms with E-state index in [1.165, 1.54) is 23.9 Å². The Bertz CT molecular complexity index is 908. The smallest absolute Gasteiger partial charge is 0.274 e. The zero-order valence-electron chi connectivity index (χ0n) is 15.2. The average molecular weight is 364 g/mol. The fourth-order valence-electron chi connectivity index (χ4n) is 2.50. The lowest BCUT2D eigenvalue weighted by Gasteiger charge is -2.09. The van der Waals surface area contributed by atoms with E-state index in [1.807, 2.05) is 24.3 Å². The Labute approximate surface area is 157 Å². The van der Waals surface area contributed by atoms with Gasteiger partial charge in [-0.25, -0.2) is 14.4 Å². The van der Waals surface area contributed by atoms with Crippen molar-refractivity contribution >= 4 is 17.5 Å². The number of anilines is 2. The van der Waals surface area contributed by atoms with Gasteiger partial charge in [0.05, 0.1) is 0 Å². The summed E-state index contributed by atoms with van der Waals surface area (Å²) >= 11 is 0. The van der Waals surface area contributed by atoms with Crippen LogP contribution in [0.3, 0.4) is 0 Å². The minimum Gasteiger partial charge on any atom is -0.350 e. The van der Waals surface area contributed by atoms with E-state index in [2.05, 4.69) is 34.4 Å². The van der Waals surface area contributed by atoms with Gasteiger partial charge >= 0.3 is 0 Å². The number of benzene rings is 2. The average Bonchev–Trinajstić information content (AvgIpc) is 2.68. The molecule has 0 atom stereocenters. The predicted molar refractivity (Wildman–Crippen MR) is 104 cm³/mol. The van der Waals surface area contributed by atoms with E-state index in [4.69, 9.17) is 0 Å². The van der Waals surface area contributed by atoms with Crippen LogP contribution >= 0.6 is 0 Å². The maximum atomic E-state index is 12.9. The molecule has 0 aliphatic heterocycles. The van der Waals surface area contributed by atoms with Crippen LogP contribution in [-0.2, 0) is 6.54 Å². The van der Waals surface area contributed by atoms with E-state index < -0.39 is 0 Å². The van der Waals surface area contributed by atoms with E-state index in [0.29, 0.717) is 24.1 Å². The first-order valence-corrected chi connectivity index (χ1v) is 8.74. The van der Waals surface area contributed by atoms with Crippen molar-refractivity contribution in [1.82, 2.24) is 9.97 Å². The Kier molecular flexibility index (Phi) is 5.76. The molecule has 2 aromatic carbocycles. The standard InChI is InChI=1S/C21H21FN4O/c1-14(2)16-5-9-18(10-6-16)25-20(27)19-11-12-23-21(26-19)24-13-15-3-7-17(22)8-4-15/h3-12,14H,13H2,1-2H3,(H,25,27)(H,23,24,26). The van der Waals surface area contributed by atoms with Crippen molar-refractivity contribution < 1.29 is 9.18 Å². The van der Waals surface area contributed by atoms with E-state index in [-0.39, 0.29) is 17.4 Å². The van der Waals surface area contributed by atoms with Gasteiger partial charge in [-0.05, 0) is 47.4 Å². The highest BCUT2D eigenvalue weighted by Crippen LogP contribution is 2.17. The number of nitrogens with one attached hydrogen (secondary N) is 2. The minimum atomic E-state index is -0.306. The first-order chi connectivity index (χ1) is 13.0. The molecule has 3 rings (SSSR count). The van der Waals surface area contributed by atoms with Crippen molar-refractivity contribution in [2.45, 2.75) is 26.3 Å². The zero-order valence-corrected chi connectivity index (χ0v) is 15.2. The molecule has 0 aliphatic carbocycles. The molecule has 0 spiro atoms. The van der Waals surface area contributed by atoms with Crippen molar-refractivity contribution in [2.24, 2.45) is 0 Å². The van der Waals surface area contributed by atoms with Crippen LogP contribution in [-0.4, -0.2) is 15.9 Å². The number of nitrogens with zero attached hydrogens (tertiary/aromatic N) is 2. The number of halogens is 1. The molecule has 0 aliphatic rings. The van der Waals surface area contributed by atoms with Gasteiger partial charge in [0.2, 0.25) is 5.95 Å². The quantitative estimate of drug-likeness (QED) is 0.671. The lowest BCUT2D eigenvalue weighted by molar-refractivity contribution is 0.102. The van der Waals surface area contributed by atoms with Crippen LogP contribution < -0.4 is 10.6 Å². The third-order valence-corrected chi connectivity index (χ3v) is 4.09. The van der Waals surface area contributed by atoms with E-state index in [1.54, 1.807) is 18.2 Å². The SMILES string of the molecule is CC(C)c1ccc(NC(=O)c2ccnc(NCc3ccc(F)cc3)n2)cc1. The largest absolute Gasteiger partial charge is 0.350 e. The molecule has 0 saturated heterocycles. The normalized spacial score (nSPS) is 10.7. The second kappa shape index (κ2) is 8.40. The van der Waals surface area contributed by atoms with Crippen LogP contribution in [0.15, 0.2) is 60.8 Å². The fraction of sp³-hybridized carbons (Fsp3) is 0.190. The van der Waals surface area contributed by atoms with E-state index >= 15 is 0 Å². The molecule has 0 saturated carbocycles. The van der Waals surface area contributed by atoms with Crippen molar-refractivity contribution in [3.63, 3.8) is 0 Å². The van der Waals surface area contributed by atoms with Gasteiger partial charge in [0, 0.05) is 18.4 Å². The Morgan fingerprint density at radius 3 is 2.41 bits per heavy atom. The molecule has 1 amide bonds. The molecule has 0 bridgehead atoms. The molecule has 3 aromatic rings. The van der Waals surface area contributed by atoms with Crippen LogP contribution in [0.4, 0.5) is 16.0 Å². The fourth-order valence-corrected chi connectivity index (χ4v) is 2.50. The van der Waals surface area contributed by atoms with E-state index in [9.17, 15) is 9.18 Å². The number of hydrogen-bond acceptors (Lipinski definition) is 4. The van der Waals surface area contributed by atoms with Gasteiger partial charge in [-0.3, -0.25) is 4.79 Å². The highest BCUT2D eigenvalue weighted by atomic mass is 19.1. The first kappa shape index (κ1) is 18.5. The van der Waals surface area contributed by atoms with Gasteiger partial charge in [0.15, 0.2) is 0 Å². The number of carbonyl (C=O) groups is 1. The maximum absolute atomic E-state index is 12.9. The molecular weight excluding hydrogens is 343 g/mol. The molecule has 5 nitrogen and oxygen atoms in total. The number of rotatable bonds is 6. The Balaban J connectivity index is 1.63. The summed E-state index contributed by atoms with van der Waals surface area (Å²) in [6.07, 6.45) is 1.52. The van der Waals surface area contributed by atoms with Crippen LogP contribution in [0.5, 0.6) is 0 Å². The Morgan fingerprint density at radius 1 is 1.04 bits per heavy atom. The highest BCUT2D eigenvalue weighted by molar-refractivity contribution is 6.02. The third kappa shape index (κ3) is 5.10. The molecule has 1 heterocycles. The predicted octanol–water partition coefficient (Wildman–Crippen LogP) is 4.60. The Hall–Kier alpha value is -3.28. The van der Waals surface area contributed by atoms with Crippen LogP contribution in [0, 0.1) is 5.82 Å². The van der Waals surface area contributed by atoms with Gasteiger partial charge in [0.25, 0.3) is 5.91 Å². The van der Waals surface area contributed by atoms with Crippen LogP contribution in [0.25, 0.3) is 0 Å². The van der Waals surface area contributed by atoms with Gasteiger partial charge in [-0.15, -0.1) is 0 Å². The third-order valence-electron chi connectivity index (χ3n) is 4.09. The van der Waals surface area contributed by atoms with E-state index in [0.717, 1.165) is 5.56 Å². The highest BCUT2D eigenvalue weighted by Gasteiger charge is 2.10. The summed E-state index contributed by atoms with van der Waals surface area (Å²) in [5.74, 6) is 0.183. The summed E-state index contributed by atoms with van der Waals surface area (Å²) in [5, 5.41) is 5.87. The molecule has 2 N–H and O–H groups in total. The van der Waals surface area contributed by atoms with Gasteiger partial charge < -0.3 is 10.6 Å². The van der Waals surface area contributed by atoms with Crippen LogP contribution in [0.1, 0.15) is 41.4 Å². The van der Waals surface area contributed by atoms with Crippen molar-refractivity contribution in [3.8, 4) is 0 Å². The molecule has 0 radical (unpaired) electrons. The monoisotopic (exact) mass is 364 g/mol. The topological polar surface area (TPSA) is 66.9 Å². The number of carbonyl (C=O) groups excluding carboxylic acids is 1. The zero-order chi connectivity index (χ0) is 19.2. The second-order valence-electron chi connectivity index (χ2n) is 6.48. The minimum absolute atomic E-state index is 0.263. The second-order valence-corrected chi connectivity index (χ2v) is 6.48. The van der Waals surface area contributed by atoms with Crippen molar-refractivity contribution in [3.05, 3.63) is 83.4 Å². The molecule has 138 valence electrons. The van der Waals surface area contributed by atoms with Gasteiger partial charge in [-0.1, -0.05) is 38.1 Å². The summed E-state index contributed by atoms with van der Waals surface area (Å²) in [6.45, 7) is 4.67. The summed E-state index contributed by atoms with van der Waals surface area (Å²) in [4.78, 5) is 20.8. The summed E-state index contributed by atoms with van der Waals surface area (Å²) in [6, 6.07) is 15.5. The Morgan fingerprint density at radius 2 is 1.74 bits per heavy atom.